The molecule has 3 aliphatic heterocycles. The topological polar surface area (TPSA) is 158 Å². The summed E-state index contributed by atoms with van der Waals surface area (Å²) in [5.74, 6) is -1.41. The van der Waals surface area contributed by atoms with Gasteiger partial charge in [-0.15, -0.1) is 0 Å². The Morgan fingerprint density at radius 3 is 2.34 bits per heavy atom. The second-order valence-corrected chi connectivity index (χ2v) is 13.4. The minimum Gasteiger partial charge on any atom is -0.440 e. The summed E-state index contributed by atoms with van der Waals surface area (Å²) in [6.45, 7) is 3.93. The molecule has 3 aliphatic rings. The van der Waals surface area contributed by atoms with Gasteiger partial charge in [0.05, 0.1) is 11.9 Å². The Kier molecular flexibility index (Phi) is 7.91. The molecule has 2 fully saturated rings. The van der Waals surface area contributed by atoms with Crippen molar-refractivity contribution in [3.63, 3.8) is 0 Å². The number of carbonyl (C=O) groups excluding carboxylic acids is 1. The highest BCUT2D eigenvalue weighted by Crippen LogP contribution is 2.51. The van der Waals surface area contributed by atoms with Crippen molar-refractivity contribution in [3.05, 3.63) is 139 Å². The smallest absolute Gasteiger partial charge is 0.305 e. The van der Waals surface area contributed by atoms with Crippen LogP contribution in [-0.2, 0) is 20.0 Å². The summed E-state index contributed by atoms with van der Waals surface area (Å²) in [7, 11) is 0. The molecule has 13 nitrogen and oxygen atoms in total. The number of nitrogens with zero attached hydrogens (tertiary/aromatic N) is 5. The van der Waals surface area contributed by atoms with Crippen LogP contribution in [-0.4, -0.2) is 61.1 Å². The molecule has 0 aliphatic carbocycles. The quantitative estimate of drug-likeness (QED) is 0.191. The fourth-order valence-corrected chi connectivity index (χ4v) is 7.19. The average Bonchev–Trinajstić information content (AvgIpc) is 3.95. The molecule has 4 atom stereocenters. The first-order chi connectivity index (χ1) is 25.8. The van der Waals surface area contributed by atoms with Crippen LogP contribution in [0.5, 0.6) is 11.5 Å². The lowest BCUT2D eigenvalue weighted by Gasteiger charge is -2.28. The number of nitrogens with two attached hydrogens (primary N) is 1. The van der Waals surface area contributed by atoms with Gasteiger partial charge in [0.2, 0.25) is 0 Å². The van der Waals surface area contributed by atoms with E-state index in [0.29, 0.717) is 28.2 Å². The number of hydrogen-bond acceptors (Lipinski definition) is 11. The van der Waals surface area contributed by atoms with Crippen LogP contribution in [0.25, 0.3) is 22.3 Å². The van der Waals surface area contributed by atoms with Gasteiger partial charge in [-0.2, -0.15) is 0 Å². The second kappa shape index (κ2) is 12.8. The maximum Gasteiger partial charge on any atom is 0.305 e. The lowest BCUT2D eigenvalue weighted by atomic mass is 9.97. The molecule has 0 radical (unpaired) electrons. The predicted octanol–water partition coefficient (Wildman–Crippen LogP) is 5.55. The van der Waals surface area contributed by atoms with E-state index in [1.54, 1.807) is 23.3 Å². The molecule has 6 heterocycles. The molecule has 3 aromatic carbocycles. The zero-order valence-corrected chi connectivity index (χ0v) is 28.8. The van der Waals surface area contributed by atoms with Gasteiger partial charge in [-0.1, -0.05) is 72.8 Å². The van der Waals surface area contributed by atoms with E-state index in [1.807, 2.05) is 111 Å². The van der Waals surface area contributed by atoms with Crippen LogP contribution in [0.4, 0.5) is 5.82 Å². The summed E-state index contributed by atoms with van der Waals surface area (Å²) in [6.07, 6.45) is 8.19. The van der Waals surface area contributed by atoms with Crippen molar-refractivity contribution < 1.29 is 28.5 Å². The summed E-state index contributed by atoms with van der Waals surface area (Å²) < 4.78 is 34.3. The molecular formula is C40H35N7O6. The number of nitrogens with one attached hydrogen (secondary N) is 1. The molecular weight excluding hydrogens is 674 g/mol. The average molecular weight is 710 g/mol. The number of amides is 1. The van der Waals surface area contributed by atoms with Crippen LogP contribution >= 0.6 is 0 Å². The Balaban J connectivity index is 0.994. The summed E-state index contributed by atoms with van der Waals surface area (Å²) in [4.78, 5) is 31.1. The van der Waals surface area contributed by atoms with E-state index in [1.165, 1.54) is 6.33 Å². The molecule has 2 saturated heterocycles. The second-order valence-electron chi connectivity index (χ2n) is 13.4. The Morgan fingerprint density at radius 1 is 0.887 bits per heavy atom. The molecule has 1 unspecified atom stereocenters. The number of pyridine rings is 1. The zero-order valence-electron chi connectivity index (χ0n) is 28.8. The first-order valence-electron chi connectivity index (χ1n) is 17.3. The molecule has 13 heteroatoms. The number of ether oxygens (including phenoxy) is 5. The Hall–Kier alpha value is -6.15. The summed E-state index contributed by atoms with van der Waals surface area (Å²) in [5.41, 5.74) is 10.6. The highest BCUT2D eigenvalue weighted by molar-refractivity contribution is 5.99. The Bertz CT molecular complexity index is 2300. The van der Waals surface area contributed by atoms with E-state index in [0.717, 1.165) is 22.3 Å². The molecule has 3 N–H and O–H groups in total. The van der Waals surface area contributed by atoms with E-state index in [9.17, 15) is 4.79 Å². The molecule has 6 aromatic rings. The van der Waals surface area contributed by atoms with Gasteiger partial charge in [0.25, 0.3) is 5.91 Å². The first kappa shape index (κ1) is 32.7. The number of nitrogen functional groups attached to an aromatic ring is 1. The van der Waals surface area contributed by atoms with Crippen molar-refractivity contribution in [2.75, 3.05) is 12.3 Å². The van der Waals surface area contributed by atoms with Crippen LogP contribution in [0, 0.1) is 0 Å². The summed E-state index contributed by atoms with van der Waals surface area (Å²) >= 11 is 0. The van der Waals surface area contributed by atoms with Crippen LogP contribution in [0.2, 0.25) is 0 Å². The highest BCUT2D eigenvalue weighted by atomic mass is 16.8. The number of benzene rings is 3. The van der Waals surface area contributed by atoms with E-state index in [-0.39, 0.29) is 18.3 Å². The van der Waals surface area contributed by atoms with Crippen LogP contribution in [0.3, 0.4) is 0 Å². The normalized spacial score (nSPS) is 22.3. The van der Waals surface area contributed by atoms with Crippen molar-refractivity contribution >= 4 is 22.9 Å². The molecule has 266 valence electrons. The molecule has 9 rings (SSSR count). The number of hydrogen-bond donors (Lipinski definition) is 2. The molecule has 0 spiro atoms. The number of anilines is 1. The van der Waals surface area contributed by atoms with Gasteiger partial charge in [-0.25, -0.2) is 15.0 Å². The zero-order chi connectivity index (χ0) is 36.2. The van der Waals surface area contributed by atoms with Crippen molar-refractivity contribution in [3.8, 4) is 22.6 Å². The minimum atomic E-state index is -1.31. The van der Waals surface area contributed by atoms with E-state index >= 15 is 0 Å². The van der Waals surface area contributed by atoms with Crippen LogP contribution in [0.15, 0.2) is 122 Å². The lowest BCUT2D eigenvalue weighted by Crippen LogP contribution is -2.37. The predicted molar refractivity (Wildman–Crippen MR) is 194 cm³/mol. The number of carbonyl (C=O) groups is 1. The SMILES string of the molecule is CC1(C)OC2[C@@H](/C=C/CNC(=O)c3cc(-c4ccncc4)cc4c3OC(c3ccccc3)(c3ccccc3)O4)O[C@@H](n3cnc4c(N)ncnc43)[C@H]2O1. The van der Waals surface area contributed by atoms with Crippen molar-refractivity contribution in [1.29, 1.82) is 0 Å². The fraction of sp³-hybridized carbons (Fsp3) is 0.225. The standard InChI is InChI=1S/C40H35N7O6/c1-39(2)51-33-29(49-38(34(33)52-39)47-23-46-31-35(41)44-22-45-36(31)47)14-9-17-43-37(48)28-20-25(24-15-18-42-19-16-24)21-30-32(28)53-40(50-30,26-10-5-3-6-11-26)27-12-7-4-8-13-27/h3-16,18-23,29,33-34,38H,17H2,1-2H3,(H,43,48)(H2,41,44,45)/b14-9+/t29-,33?,34+,38-/m1/s1. The van der Waals surface area contributed by atoms with Crippen molar-refractivity contribution in [2.45, 2.75) is 50.0 Å². The van der Waals surface area contributed by atoms with Crippen LogP contribution < -0.4 is 20.5 Å². The summed E-state index contributed by atoms with van der Waals surface area (Å²) in [6, 6.07) is 26.9. The highest BCUT2D eigenvalue weighted by Gasteiger charge is 2.55. The molecule has 0 bridgehead atoms. The number of imidazole rings is 1. The number of aromatic nitrogens is 5. The minimum absolute atomic E-state index is 0.195. The van der Waals surface area contributed by atoms with Crippen molar-refractivity contribution in [2.24, 2.45) is 0 Å². The largest absolute Gasteiger partial charge is 0.440 e. The Morgan fingerprint density at radius 2 is 1.60 bits per heavy atom. The van der Waals surface area contributed by atoms with Gasteiger partial charge < -0.3 is 34.7 Å². The maximum absolute atomic E-state index is 14.1. The van der Waals surface area contributed by atoms with Gasteiger partial charge in [0, 0.05) is 30.1 Å². The van der Waals surface area contributed by atoms with Gasteiger partial charge >= 0.3 is 5.79 Å². The molecule has 3 aromatic heterocycles. The monoisotopic (exact) mass is 709 g/mol. The van der Waals surface area contributed by atoms with Gasteiger partial charge in [-0.3, -0.25) is 14.3 Å². The molecule has 1 amide bonds. The van der Waals surface area contributed by atoms with Gasteiger partial charge in [-0.05, 0) is 49.2 Å². The van der Waals surface area contributed by atoms with Crippen LogP contribution in [0.1, 0.15) is 41.6 Å². The van der Waals surface area contributed by atoms with E-state index in [2.05, 4.69) is 25.3 Å². The third kappa shape index (κ3) is 5.75. The number of rotatable bonds is 8. The summed E-state index contributed by atoms with van der Waals surface area (Å²) in [5, 5.41) is 3.04. The molecule has 0 saturated carbocycles. The Labute approximate surface area is 304 Å². The lowest BCUT2D eigenvalue weighted by molar-refractivity contribution is -0.191. The third-order valence-electron chi connectivity index (χ3n) is 9.55. The first-order valence-corrected chi connectivity index (χ1v) is 17.3. The maximum atomic E-state index is 14.1. The number of fused-ring (bicyclic) bond motifs is 3. The van der Waals surface area contributed by atoms with E-state index < -0.39 is 36.1 Å². The van der Waals surface area contributed by atoms with Gasteiger partial charge in [0.1, 0.15) is 30.2 Å². The third-order valence-corrected chi connectivity index (χ3v) is 9.55. The van der Waals surface area contributed by atoms with Crippen molar-refractivity contribution in [1.82, 2.24) is 29.8 Å². The fourth-order valence-electron chi connectivity index (χ4n) is 7.19. The molecule has 53 heavy (non-hydrogen) atoms. The van der Waals surface area contributed by atoms with E-state index in [4.69, 9.17) is 29.4 Å². The van der Waals surface area contributed by atoms with Gasteiger partial charge in [0.15, 0.2) is 35.0 Å².